The number of nitrogens with zero attached hydrogens (tertiary/aromatic N) is 2. The summed E-state index contributed by atoms with van der Waals surface area (Å²) in [6.45, 7) is 2.61. The van der Waals surface area contributed by atoms with Gasteiger partial charge in [0.05, 0.1) is 6.42 Å². The maximum atomic E-state index is 11.8. The van der Waals surface area contributed by atoms with E-state index in [0.29, 0.717) is 12.8 Å². The van der Waals surface area contributed by atoms with E-state index in [2.05, 4.69) is 0 Å². The fourth-order valence-electron chi connectivity index (χ4n) is 2.57. The molecule has 0 unspecified atom stereocenters. The first kappa shape index (κ1) is 12.2. The standard InChI is InChI=1S/C15H18N2O2/c18-14-3-1-10-17(14)13-6-4-12(5-7-13)11-15(19)16-8-2-9-16/h4-7H,1-3,8-11H2. The Kier molecular flexibility index (Phi) is 3.23. The van der Waals surface area contributed by atoms with Crippen LogP contribution in [0.5, 0.6) is 0 Å². The minimum absolute atomic E-state index is 0.199. The minimum Gasteiger partial charge on any atom is -0.342 e. The van der Waals surface area contributed by atoms with Crippen LogP contribution in [0.25, 0.3) is 0 Å². The van der Waals surface area contributed by atoms with E-state index in [4.69, 9.17) is 0 Å². The van der Waals surface area contributed by atoms with Crippen molar-refractivity contribution in [3.05, 3.63) is 29.8 Å². The summed E-state index contributed by atoms with van der Waals surface area (Å²) in [5, 5.41) is 0. The molecule has 0 N–H and O–H groups in total. The second kappa shape index (κ2) is 5.03. The van der Waals surface area contributed by atoms with Crippen molar-refractivity contribution >= 4 is 17.5 Å². The first-order chi connectivity index (χ1) is 9.24. The molecule has 4 nitrogen and oxygen atoms in total. The zero-order valence-corrected chi connectivity index (χ0v) is 11.0. The lowest BCUT2D eigenvalue weighted by atomic mass is 10.1. The summed E-state index contributed by atoms with van der Waals surface area (Å²) >= 11 is 0. The summed E-state index contributed by atoms with van der Waals surface area (Å²) in [5.41, 5.74) is 1.97. The van der Waals surface area contributed by atoms with Crippen molar-refractivity contribution in [2.24, 2.45) is 0 Å². The van der Waals surface area contributed by atoms with Crippen LogP contribution >= 0.6 is 0 Å². The Labute approximate surface area is 113 Å². The molecule has 2 amide bonds. The molecule has 0 atom stereocenters. The fraction of sp³-hybridized carbons (Fsp3) is 0.467. The third kappa shape index (κ3) is 2.48. The molecule has 0 aromatic heterocycles. The van der Waals surface area contributed by atoms with Crippen LogP contribution in [0.2, 0.25) is 0 Å². The van der Waals surface area contributed by atoms with Crippen molar-refractivity contribution in [3.8, 4) is 0 Å². The van der Waals surface area contributed by atoms with Crippen molar-refractivity contribution in [1.29, 1.82) is 0 Å². The lowest BCUT2D eigenvalue weighted by molar-refractivity contribution is -0.133. The summed E-state index contributed by atoms with van der Waals surface area (Å²) < 4.78 is 0. The summed E-state index contributed by atoms with van der Waals surface area (Å²) in [6, 6.07) is 7.81. The molecule has 2 aliphatic rings. The van der Waals surface area contributed by atoms with Crippen LogP contribution in [-0.4, -0.2) is 36.3 Å². The zero-order chi connectivity index (χ0) is 13.2. The quantitative estimate of drug-likeness (QED) is 0.826. The Balaban J connectivity index is 1.65. The lowest BCUT2D eigenvalue weighted by Crippen LogP contribution is -2.42. The Morgan fingerprint density at radius 3 is 2.32 bits per heavy atom. The van der Waals surface area contributed by atoms with Crippen molar-refractivity contribution in [2.45, 2.75) is 25.7 Å². The molecular weight excluding hydrogens is 240 g/mol. The maximum Gasteiger partial charge on any atom is 0.227 e. The van der Waals surface area contributed by atoms with Gasteiger partial charge < -0.3 is 9.80 Å². The Morgan fingerprint density at radius 1 is 1.05 bits per heavy atom. The molecule has 4 heteroatoms. The first-order valence-corrected chi connectivity index (χ1v) is 6.91. The van der Waals surface area contributed by atoms with Gasteiger partial charge in [0.15, 0.2) is 0 Å². The molecule has 2 aliphatic heterocycles. The molecule has 0 radical (unpaired) electrons. The van der Waals surface area contributed by atoms with Crippen LogP contribution in [0, 0.1) is 0 Å². The number of hydrogen-bond acceptors (Lipinski definition) is 2. The van der Waals surface area contributed by atoms with Gasteiger partial charge in [-0.25, -0.2) is 0 Å². The summed E-state index contributed by atoms with van der Waals surface area (Å²) in [4.78, 5) is 27.2. The van der Waals surface area contributed by atoms with Crippen molar-refractivity contribution in [1.82, 2.24) is 4.90 Å². The van der Waals surface area contributed by atoms with Crippen molar-refractivity contribution in [3.63, 3.8) is 0 Å². The molecule has 3 rings (SSSR count). The van der Waals surface area contributed by atoms with Gasteiger partial charge in [0.2, 0.25) is 11.8 Å². The van der Waals surface area contributed by atoms with Crippen LogP contribution < -0.4 is 4.90 Å². The first-order valence-electron chi connectivity index (χ1n) is 6.91. The summed E-state index contributed by atoms with van der Waals surface area (Å²) in [6.07, 6.45) is 3.18. The zero-order valence-electron chi connectivity index (χ0n) is 11.0. The topological polar surface area (TPSA) is 40.6 Å². The Bertz CT molecular complexity index is 491. The molecule has 2 heterocycles. The van der Waals surface area contributed by atoms with E-state index < -0.39 is 0 Å². The molecule has 19 heavy (non-hydrogen) atoms. The number of rotatable bonds is 3. The molecule has 0 aliphatic carbocycles. The van der Waals surface area contributed by atoms with Gasteiger partial charge in [-0.15, -0.1) is 0 Å². The highest BCUT2D eigenvalue weighted by Gasteiger charge is 2.22. The Morgan fingerprint density at radius 2 is 1.79 bits per heavy atom. The van der Waals surface area contributed by atoms with E-state index in [-0.39, 0.29) is 11.8 Å². The SMILES string of the molecule is O=C(Cc1ccc(N2CCCC2=O)cc1)N1CCC1. The Hall–Kier alpha value is -1.84. The number of likely N-dealkylation sites (tertiary alicyclic amines) is 1. The minimum atomic E-state index is 0.199. The highest BCUT2D eigenvalue weighted by Crippen LogP contribution is 2.22. The third-order valence-electron chi connectivity index (χ3n) is 3.89. The van der Waals surface area contributed by atoms with E-state index in [1.165, 1.54) is 0 Å². The van der Waals surface area contributed by atoms with Gasteiger partial charge in [0, 0.05) is 31.7 Å². The van der Waals surface area contributed by atoms with E-state index in [1.807, 2.05) is 34.1 Å². The van der Waals surface area contributed by atoms with Gasteiger partial charge in [-0.3, -0.25) is 9.59 Å². The fourth-order valence-corrected chi connectivity index (χ4v) is 2.57. The van der Waals surface area contributed by atoms with E-state index in [9.17, 15) is 9.59 Å². The van der Waals surface area contributed by atoms with E-state index >= 15 is 0 Å². The molecular formula is C15H18N2O2. The van der Waals surface area contributed by atoms with Crippen LogP contribution in [0.4, 0.5) is 5.69 Å². The van der Waals surface area contributed by atoms with Gasteiger partial charge in [0.25, 0.3) is 0 Å². The number of carbonyl (C=O) groups is 2. The van der Waals surface area contributed by atoms with Crippen LogP contribution in [-0.2, 0) is 16.0 Å². The monoisotopic (exact) mass is 258 g/mol. The van der Waals surface area contributed by atoms with Crippen molar-refractivity contribution in [2.75, 3.05) is 24.5 Å². The number of carbonyl (C=O) groups excluding carboxylic acids is 2. The predicted molar refractivity (Wildman–Crippen MR) is 72.9 cm³/mol. The second-order valence-electron chi connectivity index (χ2n) is 5.23. The number of anilines is 1. The van der Waals surface area contributed by atoms with Crippen LogP contribution in [0.1, 0.15) is 24.8 Å². The average molecular weight is 258 g/mol. The van der Waals surface area contributed by atoms with E-state index in [1.54, 1.807) is 0 Å². The molecule has 1 aromatic rings. The van der Waals surface area contributed by atoms with Gasteiger partial charge >= 0.3 is 0 Å². The summed E-state index contributed by atoms with van der Waals surface area (Å²) in [7, 11) is 0. The highest BCUT2D eigenvalue weighted by molar-refractivity contribution is 5.95. The van der Waals surface area contributed by atoms with Gasteiger partial charge in [-0.05, 0) is 30.5 Å². The second-order valence-corrected chi connectivity index (χ2v) is 5.23. The third-order valence-corrected chi connectivity index (χ3v) is 3.89. The molecule has 100 valence electrons. The van der Waals surface area contributed by atoms with Gasteiger partial charge in [-0.1, -0.05) is 12.1 Å². The normalized spacial score (nSPS) is 18.6. The van der Waals surface area contributed by atoms with E-state index in [0.717, 1.165) is 43.7 Å². The molecule has 2 fully saturated rings. The number of amides is 2. The van der Waals surface area contributed by atoms with Gasteiger partial charge in [0.1, 0.15) is 0 Å². The van der Waals surface area contributed by atoms with Crippen LogP contribution in [0.15, 0.2) is 24.3 Å². The summed E-state index contributed by atoms with van der Waals surface area (Å²) in [5.74, 6) is 0.403. The maximum absolute atomic E-state index is 11.8. The molecule has 2 saturated heterocycles. The predicted octanol–water partition coefficient (Wildman–Crippen LogP) is 1.59. The van der Waals surface area contributed by atoms with Crippen molar-refractivity contribution < 1.29 is 9.59 Å². The van der Waals surface area contributed by atoms with Gasteiger partial charge in [-0.2, -0.15) is 0 Å². The molecule has 0 bridgehead atoms. The molecule has 1 aromatic carbocycles. The highest BCUT2D eigenvalue weighted by atomic mass is 16.2. The number of hydrogen-bond donors (Lipinski definition) is 0. The largest absolute Gasteiger partial charge is 0.342 e. The number of benzene rings is 1. The van der Waals surface area contributed by atoms with Crippen LogP contribution in [0.3, 0.4) is 0 Å². The molecule has 0 spiro atoms. The smallest absolute Gasteiger partial charge is 0.227 e. The lowest BCUT2D eigenvalue weighted by Gasteiger charge is -2.31. The molecule has 0 saturated carbocycles. The average Bonchev–Trinajstić information content (AvgIpc) is 2.74.